The molecule has 1 unspecified atom stereocenters. The standard InChI is InChI=1S/C9H11NO4/c1-5-3-7(11)10(8(5)12)4-6(2)9(13)14/h5H,2-4H2,1H3,(H,13,14). The maximum absolute atomic E-state index is 11.3. The lowest BCUT2D eigenvalue weighted by molar-refractivity contribution is -0.139. The summed E-state index contributed by atoms with van der Waals surface area (Å²) in [5, 5.41) is 8.53. The van der Waals surface area contributed by atoms with Crippen LogP contribution in [0.15, 0.2) is 12.2 Å². The number of nitrogens with zero attached hydrogens (tertiary/aromatic N) is 1. The molecule has 0 saturated carbocycles. The van der Waals surface area contributed by atoms with Crippen LogP contribution in [0.25, 0.3) is 0 Å². The van der Waals surface area contributed by atoms with Gasteiger partial charge in [0, 0.05) is 17.9 Å². The van der Waals surface area contributed by atoms with Crippen LogP contribution in [0.1, 0.15) is 13.3 Å². The largest absolute Gasteiger partial charge is 0.478 e. The molecule has 14 heavy (non-hydrogen) atoms. The summed E-state index contributed by atoms with van der Waals surface area (Å²) in [6, 6.07) is 0. The van der Waals surface area contributed by atoms with E-state index in [-0.39, 0.29) is 36.3 Å². The van der Waals surface area contributed by atoms with E-state index in [0.717, 1.165) is 4.90 Å². The monoisotopic (exact) mass is 197 g/mol. The molecule has 1 fully saturated rings. The third-order valence-electron chi connectivity index (χ3n) is 2.12. The second kappa shape index (κ2) is 3.61. The highest BCUT2D eigenvalue weighted by molar-refractivity contribution is 6.04. The molecule has 0 aromatic heterocycles. The number of rotatable bonds is 3. The van der Waals surface area contributed by atoms with Crippen molar-refractivity contribution in [2.45, 2.75) is 13.3 Å². The zero-order chi connectivity index (χ0) is 10.9. The Bertz CT molecular complexity index is 321. The molecule has 1 aliphatic rings. The first-order chi connectivity index (χ1) is 6.43. The first-order valence-electron chi connectivity index (χ1n) is 4.18. The van der Waals surface area contributed by atoms with Crippen LogP contribution in [0.4, 0.5) is 0 Å². The average Bonchev–Trinajstić information content (AvgIpc) is 2.32. The number of carbonyl (C=O) groups excluding carboxylic acids is 2. The predicted molar refractivity (Wildman–Crippen MR) is 47.3 cm³/mol. The molecule has 0 aromatic carbocycles. The summed E-state index contributed by atoms with van der Waals surface area (Å²) in [6.07, 6.45) is 0.158. The van der Waals surface area contributed by atoms with Crippen LogP contribution < -0.4 is 0 Å². The number of carboxylic acids is 1. The molecule has 76 valence electrons. The van der Waals surface area contributed by atoms with Gasteiger partial charge in [-0.3, -0.25) is 14.5 Å². The van der Waals surface area contributed by atoms with Crippen molar-refractivity contribution in [1.82, 2.24) is 4.90 Å². The van der Waals surface area contributed by atoms with E-state index in [9.17, 15) is 14.4 Å². The van der Waals surface area contributed by atoms with E-state index in [1.807, 2.05) is 0 Å². The topological polar surface area (TPSA) is 74.7 Å². The molecular formula is C9H11NO4. The van der Waals surface area contributed by atoms with Crippen molar-refractivity contribution in [3.05, 3.63) is 12.2 Å². The average molecular weight is 197 g/mol. The number of hydrogen-bond acceptors (Lipinski definition) is 3. The SMILES string of the molecule is C=C(CN1C(=O)CC(C)C1=O)C(=O)O. The molecule has 5 heteroatoms. The van der Waals surface area contributed by atoms with Gasteiger partial charge < -0.3 is 5.11 Å². The molecule has 0 spiro atoms. The van der Waals surface area contributed by atoms with Crippen LogP contribution in [0.2, 0.25) is 0 Å². The quantitative estimate of drug-likeness (QED) is 0.511. The van der Waals surface area contributed by atoms with E-state index in [1.165, 1.54) is 0 Å². The van der Waals surface area contributed by atoms with E-state index in [2.05, 4.69) is 6.58 Å². The van der Waals surface area contributed by atoms with Crippen molar-refractivity contribution in [3.8, 4) is 0 Å². The molecule has 5 nitrogen and oxygen atoms in total. The number of hydrogen-bond donors (Lipinski definition) is 1. The smallest absolute Gasteiger partial charge is 0.332 e. The molecule has 1 saturated heterocycles. The number of imide groups is 1. The van der Waals surface area contributed by atoms with Crippen LogP contribution in [-0.2, 0) is 14.4 Å². The van der Waals surface area contributed by atoms with Gasteiger partial charge >= 0.3 is 5.97 Å². The fourth-order valence-electron chi connectivity index (χ4n) is 1.27. The fraction of sp³-hybridized carbons (Fsp3) is 0.444. The van der Waals surface area contributed by atoms with Crippen molar-refractivity contribution in [2.24, 2.45) is 5.92 Å². The summed E-state index contributed by atoms with van der Waals surface area (Å²) >= 11 is 0. The molecule has 0 aliphatic carbocycles. The number of likely N-dealkylation sites (tertiary alicyclic amines) is 1. The third-order valence-corrected chi connectivity index (χ3v) is 2.12. The minimum atomic E-state index is -1.19. The Morgan fingerprint density at radius 1 is 1.64 bits per heavy atom. The molecule has 0 aromatic rings. The number of amides is 2. The Morgan fingerprint density at radius 2 is 2.21 bits per heavy atom. The van der Waals surface area contributed by atoms with Crippen molar-refractivity contribution in [1.29, 1.82) is 0 Å². The Kier molecular flexibility index (Phi) is 2.69. The van der Waals surface area contributed by atoms with E-state index in [0.29, 0.717) is 0 Å². The second-order valence-electron chi connectivity index (χ2n) is 3.33. The van der Waals surface area contributed by atoms with Gasteiger partial charge in [-0.15, -0.1) is 0 Å². The van der Waals surface area contributed by atoms with Gasteiger partial charge in [0.25, 0.3) is 0 Å². The van der Waals surface area contributed by atoms with Gasteiger partial charge in [-0.1, -0.05) is 13.5 Å². The Hall–Kier alpha value is -1.65. The van der Waals surface area contributed by atoms with Gasteiger partial charge in [0.05, 0.1) is 6.54 Å². The van der Waals surface area contributed by atoms with Crippen molar-refractivity contribution in [3.63, 3.8) is 0 Å². The Balaban J connectivity index is 2.70. The number of carbonyl (C=O) groups is 3. The molecule has 1 rings (SSSR count). The lowest BCUT2D eigenvalue weighted by Gasteiger charge is -2.13. The van der Waals surface area contributed by atoms with Crippen LogP contribution in [-0.4, -0.2) is 34.3 Å². The Morgan fingerprint density at radius 3 is 2.57 bits per heavy atom. The first-order valence-corrected chi connectivity index (χ1v) is 4.18. The molecule has 0 radical (unpaired) electrons. The zero-order valence-electron chi connectivity index (χ0n) is 7.82. The summed E-state index contributed by atoms with van der Waals surface area (Å²) in [7, 11) is 0. The van der Waals surface area contributed by atoms with Gasteiger partial charge in [0.2, 0.25) is 11.8 Å². The highest BCUT2D eigenvalue weighted by atomic mass is 16.4. The number of carboxylic acid groups (broad SMARTS) is 1. The maximum atomic E-state index is 11.3. The molecular weight excluding hydrogens is 186 g/mol. The van der Waals surface area contributed by atoms with Crippen molar-refractivity contribution < 1.29 is 19.5 Å². The van der Waals surface area contributed by atoms with Crippen LogP contribution in [0.3, 0.4) is 0 Å². The zero-order valence-corrected chi connectivity index (χ0v) is 7.82. The minimum Gasteiger partial charge on any atom is -0.478 e. The molecule has 1 N–H and O–H groups in total. The van der Waals surface area contributed by atoms with Crippen molar-refractivity contribution in [2.75, 3.05) is 6.54 Å². The van der Waals surface area contributed by atoms with E-state index >= 15 is 0 Å². The van der Waals surface area contributed by atoms with Gasteiger partial charge in [0.1, 0.15) is 0 Å². The molecule has 1 aliphatic heterocycles. The summed E-state index contributed by atoms with van der Waals surface area (Å²) in [5.41, 5.74) is -0.152. The van der Waals surface area contributed by atoms with Crippen LogP contribution in [0.5, 0.6) is 0 Å². The maximum Gasteiger partial charge on any atom is 0.332 e. The Labute approximate surface area is 81.0 Å². The molecule has 1 atom stereocenters. The van der Waals surface area contributed by atoms with Gasteiger partial charge in [-0.05, 0) is 0 Å². The summed E-state index contributed by atoms with van der Waals surface area (Å²) in [6.45, 7) is 4.70. The van der Waals surface area contributed by atoms with E-state index < -0.39 is 5.97 Å². The second-order valence-corrected chi connectivity index (χ2v) is 3.33. The van der Waals surface area contributed by atoms with E-state index in [1.54, 1.807) is 6.92 Å². The molecule has 2 amide bonds. The minimum absolute atomic E-state index is 0.152. The van der Waals surface area contributed by atoms with Gasteiger partial charge in [0.15, 0.2) is 0 Å². The summed E-state index contributed by atoms with van der Waals surface area (Å²) in [5.74, 6) is -2.18. The molecule has 1 heterocycles. The fourth-order valence-corrected chi connectivity index (χ4v) is 1.27. The van der Waals surface area contributed by atoms with Crippen molar-refractivity contribution >= 4 is 17.8 Å². The first kappa shape index (κ1) is 10.4. The number of aliphatic carboxylic acids is 1. The highest BCUT2D eigenvalue weighted by Gasteiger charge is 2.36. The summed E-state index contributed by atoms with van der Waals surface area (Å²) < 4.78 is 0. The lowest BCUT2D eigenvalue weighted by Crippen LogP contribution is -2.33. The summed E-state index contributed by atoms with van der Waals surface area (Å²) in [4.78, 5) is 33.9. The highest BCUT2D eigenvalue weighted by Crippen LogP contribution is 2.19. The third kappa shape index (κ3) is 1.81. The van der Waals surface area contributed by atoms with Crippen LogP contribution >= 0.6 is 0 Å². The van der Waals surface area contributed by atoms with Crippen LogP contribution in [0, 0.1) is 5.92 Å². The van der Waals surface area contributed by atoms with Gasteiger partial charge in [-0.25, -0.2) is 4.79 Å². The normalized spacial score (nSPS) is 21.5. The van der Waals surface area contributed by atoms with E-state index in [4.69, 9.17) is 5.11 Å². The lowest BCUT2D eigenvalue weighted by atomic mass is 10.1. The predicted octanol–water partition coefficient (Wildman–Crippen LogP) is 0.0222. The molecule has 0 bridgehead atoms. The van der Waals surface area contributed by atoms with Gasteiger partial charge in [-0.2, -0.15) is 0 Å².